The largest absolute Gasteiger partial charge is 0.312 e. The minimum Gasteiger partial charge on any atom is -0.312 e. The third-order valence-corrected chi connectivity index (χ3v) is 4.38. The summed E-state index contributed by atoms with van der Waals surface area (Å²) in [4.78, 5) is 2.41. The fourth-order valence-electron chi connectivity index (χ4n) is 3.16. The maximum Gasteiger partial charge on any atom is 0.0242 e. The maximum atomic E-state index is 3.81. The molecule has 0 bridgehead atoms. The normalized spacial score (nSPS) is 31.1. The van der Waals surface area contributed by atoms with Gasteiger partial charge < -0.3 is 10.2 Å². The van der Waals surface area contributed by atoms with Crippen LogP contribution in [0.25, 0.3) is 0 Å². The third-order valence-electron chi connectivity index (χ3n) is 4.38. The SMILES string of the molecule is CC1CCCC(NCC(C2CC2)N(C)C)C1.Cl. The van der Waals surface area contributed by atoms with Crippen LogP contribution in [0.15, 0.2) is 0 Å². The average Bonchev–Trinajstić information content (AvgIpc) is 3.02. The molecule has 0 aromatic heterocycles. The van der Waals surface area contributed by atoms with E-state index < -0.39 is 0 Å². The van der Waals surface area contributed by atoms with Crippen molar-refractivity contribution in [2.75, 3.05) is 20.6 Å². The van der Waals surface area contributed by atoms with Crippen LogP contribution in [-0.4, -0.2) is 37.6 Å². The van der Waals surface area contributed by atoms with Crippen molar-refractivity contribution in [3.05, 3.63) is 0 Å². The highest BCUT2D eigenvalue weighted by Gasteiger charge is 2.32. The average molecular weight is 261 g/mol. The van der Waals surface area contributed by atoms with Gasteiger partial charge in [0.25, 0.3) is 0 Å². The second-order valence-corrected chi connectivity index (χ2v) is 6.25. The summed E-state index contributed by atoms with van der Waals surface area (Å²) in [5, 5.41) is 3.81. The predicted octanol–water partition coefficient (Wildman–Crippen LogP) is 2.92. The number of hydrogen-bond donors (Lipinski definition) is 1. The lowest BCUT2D eigenvalue weighted by Crippen LogP contribution is -2.44. The molecule has 0 aromatic rings. The molecule has 0 heterocycles. The molecule has 2 aliphatic carbocycles. The number of rotatable bonds is 5. The van der Waals surface area contributed by atoms with Crippen molar-refractivity contribution in [3.63, 3.8) is 0 Å². The number of nitrogens with one attached hydrogen (secondary N) is 1. The molecule has 3 heteroatoms. The van der Waals surface area contributed by atoms with Gasteiger partial charge in [-0.2, -0.15) is 0 Å². The summed E-state index contributed by atoms with van der Waals surface area (Å²) in [6.07, 6.45) is 8.56. The minimum absolute atomic E-state index is 0. The van der Waals surface area contributed by atoms with Gasteiger partial charge in [-0.25, -0.2) is 0 Å². The van der Waals surface area contributed by atoms with Gasteiger partial charge in [0.15, 0.2) is 0 Å². The van der Waals surface area contributed by atoms with Crippen LogP contribution in [0.1, 0.15) is 45.4 Å². The van der Waals surface area contributed by atoms with Gasteiger partial charge in [0.1, 0.15) is 0 Å². The molecule has 0 aromatic carbocycles. The van der Waals surface area contributed by atoms with Crippen LogP contribution < -0.4 is 5.32 Å². The van der Waals surface area contributed by atoms with E-state index in [0.717, 1.165) is 23.9 Å². The van der Waals surface area contributed by atoms with Crippen molar-refractivity contribution in [1.82, 2.24) is 10.2 Å². The standard InChI is InChI=1S/C14H28N2.ClH/c1-11-5-4-6-13(9-11)15-10-14(16(2)3)12-7-8-12;/h11-15H,4-10H2,1-3H3;1H. The molecule has 3 unspecified atom stereocenters. The molecule has 2 nitrogen and oxygen atoms in total. The molecule has 2 aliphatic rings. The van der Waals surface area contributed by atoms with Crippen LogP contribution in [0.3, 0.4) is 0 Å². The van der Waals surface area contributed by atoms with Crippen LogP contribution in [0.2, 0.25) is 0 Å². The third kappa shape index (κ3) is 4.76. The van der Waals surface area contributed by atoms with Crippen molar-refractivity contribution in [2.24, 2.45) is 11.8 Å². The minimum atomic E-state index is 0. The van der Waals surface area contributed by atoms with Gasteiger partial charge in [-0.05, 0) is 51.6 Å². The first-order valence-corrected chi connectivity index (χ1v) is 7.06. The molecule has 2 fully saturated rings. The fourth-order valence-corrected chi connectivity index (χ4v) is 3.16. The molecule has 1 N–H and O–H groups in total. The summed E-state index contributed by atoms with van der Waals surface area (Å²) in [6, 6.07) is 1.57. The Morgan fingerprint density at radius 1 is 1.18 bits per heavy atom. The lowest BCUT2D eigenvalue weighted by atomic mass is 9.87. The summed E-state index contributed by atoms with van der Waals surface area (Å²) in [5.74, 6) is 1.91. The fraction of sp³-hybridized carbons (Fsp3) is 1.00. The molecule has 17 heavy (non-hydrogen) atoms. The summed E-state index contributed by atoms with van der Waals surface area (Å²) in [7, 11) is 4.46. The van der Waals surface area contributed by atoms with E-state index in [1.165, 1.54) is 45.1 Å². The van der Waals surface area contributed by atoms with Crippen molar-refractivity contribution in [2.45, 2.75) is 57.5 Å². The quantitative estimate of drug-likeness (QED) is 0.818. The van der Waals surface area contributed by atoms with E-state index >= 15 is 0 Å². The summed E-state index contributed by atoms with van der Waals surface area (Å²) in [5.41, 5.74) is 0. The Labute approximate surface area is 113 Å². The van der Waals surface area contributed by atoms with Crippen LogP contribution in [-0.2, 0) is 0 Å². The molecule has 0 spiro atoms. The summed E-state index contributed by atoms with van der Waals surface area (Å²) in [6.45, 7) is 3.60. The molecule has 3 atom stereocenters. The van der Waals surface area contributed by atoms with Gasteiger partial charge in [0.2, 0.25) is 0 Å². The number of halogens is 1. The van der Waals surface area contributed by atoms with E-state index in [9.17, 15) is 0 Å². The van der Waals surface area contributed by atoms with Crippen molar-refractivity contribution in [1.29, 1.82) is 0 Å². The number of likely N-dealkylation sites (N-methyl/N-ethyl adjacent to an activating group) is 1. The molecule has 0 aliphatic heterocycles. The van der Waals surface area contributed by atoms with Crippen LogP contribution >= 0.6 is 12.4 Å². The first kappa shape index (κ1) is 15.3. The second kappa shape index (κ2) is 6.96. The van der Waals surface area contributed by atoms with Gasteiger partial charge in [-0.1, -0.05) is 19.8 Å². The van der Waals surface area contributed by atoms with E-state index in [0.29, 0.717) is 0 Å². The molecule has 0 amide bonds. The predicted molar refractivity (Wildman–Crippen MR) is 76.9 cm³/mol. The zero-order valence-corrected chi connectivity index (χ0v) is 12.4. The molecule has 0 radical (unpaired) electrons. The molecule has 0 saturated heterocycles. The van der Waals surface area contributed by atoms with Crippen molar-refractivity contribution >= 4 is 12.4 Å². The Morgan fingerprint density at radius 3 is 2.41 bits per heavy atom. The maximum absolute atomic E-state index is 3.81. The summed E-state index contributed by atoms with van der Waals surface area (Å²) < 4.78 is 0. The Morgan fingerprint density at radius 2 is 1.88 bits per heavy atom. The highest BCUT2D eigenvalue weighted by molar-refractivity contribution is 5.85. The monoisotopic (exact) mass is 260 g/mol. The van der Waals surface area contributed by atoms with Gasteiger partial charge >= 0.3 is 0 Å². The highest BCUT2D eigenvalue weighted by atomic mass is 35.5. The Kier molecular flexibility index (Phi) is 6.25. The van der Waals surface area contributed by atoms with Crippen LogP contribution in [0, 0.1) is 11.8 Å². The van der Waals surface area contributed by atoms with E-state index in [4.69, 9.17) is 0 Å². The lowest BCUT2D eigenvalue weighted by molar-refractivity contribution is 0.228. The Balaban J connectivity index is 0.00000144. The van der Waals surface area contributed by atoms with E-state index in [1.54, 1.807) is 0 Å². The van der Waals surface area contributed by atoms with Gasteiger partial charge in [-0.3, -0.25) is 0 Å². The van der Waals surface area contributed by atoms with Crippen molar-refractivity contribution < 1.29 is 0 Å². The smallest absolute Gasteiger partial charge is 0.0242 e. The van der Waals surface area contributed by atoms with E-state index in [2.05, 4.69) is 31.2 Å². The van der Waals surface area contributed by atoms with Crippen molar-refractivity contribution in [3.8, 4) is 0 Å². The first-order valence-electron chi connectivity index (χ1n) is 7.06. The molecule has 2 saturated carbocycles. The van der Waals surface area contributed by atoms with E-state index in [1.807, 2.05) is 0 Å². The van der Waals surface area contributed by atoms with Gasteiger partial charge in [0, 0.05) is 18.6 Å². The molecular weight excluding hydrogens is 232 g/mol. The molecular formula is C14H29ClN2. The van der Waals surface area contributed by atoms with E-state index in [-0.39, 0.29) is 12.4 Å². The Hall–Kier alpha value is 0.210. The van der Waals surface area contributed by atoms with Gasteiger partial charge in [-0.15, -0.1) is 12.4 Å². The first-order chi connectivity index (χ1) is 7.66. The zero-order chi connectivity index (χ0) is 11.5. The van der Waals surface area contributed by atoms with Gasteiger partial charge in [0.05, 0.1) is 0 Å². The second-order valence-electron chi connectivity index (χ2n) is 6.25. The Bertz CT molecular complexity index is 214. The number of nitrogens with zero attached hydrogens (tertiary/aromatic N) is 1. The molecule has 2 rings (SSSR count). The summed E-state index contributed by atoms with van der Waals surface area (Å²) >= 11 is 0. The van der Waals surface area contributed by atoms with Crippen LogP contribution in [0.4, 0.5) is 0 Å². The zero-order valence-electron chi connectivity index (χ0n) is 11.6. The topological polar surface area (TPSA) is 15.3 Å². The van der Waals surface area contributed by atoms with Crippen LogP contribution in [0.5, 0.6) is 0 Å². The lowest BCUT2D eigenvalue weighted by Gasteiger charge is -2.31. The highest BCUT2D eigenvalue weighted by Crippen LogP contribution is 2.34. The number of hydrogen-bond acceptors (Lipinski definition) is 2. The molecule has 102 valence electrons.